The molecule has 0 aliphatic rings. The molecule has 0 aliphatic heterocycles. The Morgan fingerprint density at radius 2 is 1.97 bits per heavy atom. The van der Waals surface area contributed by atoms with Gasteiger partial charge in [0.2, 0.25) is 5.95 Å². The molecule has 32 heavy (non-hydrogen) atoms. The quantitative estimate of drug-likeness (QED) is 0.261. The number of nitrogens with one attached hydrogen (secondary N) is 2. The standard InChI is InChI=1S/C21H22F3N5O2S/c1-3-31-9-8-25-18(30)12-4-7-16-15(10-12)26-19(29(16)2)28-20-27-14-6-5-13(21(22,23)24)11-17(14)32-20/h4-7,10-11,18,25,30H,3,8-9H2,1-2H3,(H,26,27,28). The molecule has 0 amide bonds. The van der Waals surface area contributed by atoms with Gasteiger partial charge in [-0.1, -0.05) is 17.4 Å². The van der Waals surface area contributed by atoms with Crippen molar-refractivity contribution in [3.63, 3.8) is 0 Å². The Hall–Kier alpha value is -2.73. The summed E-state index contributed by atoms with van der Waals surface area (Å²) in [7, 11) is 1.82. The largest absolute Gasteiger partial charge is 0.416 e. The van der Waals surface area contributed by atoms with Crippen molar-refractivity contribution < 1.29 is 23.0 Å². The van der Waals surface area contributed by atoms with Crippen molar-refractivity contribution in [2.24, 2.45) is 7.05 Å². The number of nitrogens with zero attached hydrogens (tertiary/aromatic N) is 3. The highest BCUT2D eigenvalue weighted by Crippen LogP contribution is 2.35. The Labute approximate surface area is 185 Å². The maximum atomic E-state index is 13.0. The van der Waals surface area contributed by atoms with E-state index in [1.54, 1.807) is 6.07 Å². The van der Waals surface area contributed by atoms with Crippen LogP contribution in [-0.2, 0) is 18.0 Å². The van der Waals surface area contributed by atoms with Crippen LogP contribution in [0.25, 0.3) is 21.3 Å². The monoisotopic (exact) mass is 465 g/mol. The van der Waals surface area contributed by atoms with Crippen molar-refractivity contribution in [3.05, 3.63) is 47.5 Å². The first-order valence-electron chi connectivity index (χ1n) is 9.96. The highest BCUT2D eigenvalue weighted by molar-refractivity contribution is 7.22. The van der Waals surface area contributed by atoms with Crippen LogP contribution in [0, 0.1) is 0 Å². The van der Waals surface area contributed by atoms with Crippen molar-refractivity contribution in [2.75, 3.05) is 25.1 Å². The summed E-state index contributed by atoms with van der Waals surface area (Å²) in [4.78, 5) is 8.92. The number of halogens is 3. The van der Waals surface area contributed by atoms with E-state index < -0.39 is 18.0 Å². The van der Waals surface area contributed by atoms with Crippen LogP contribution in [0.5, 0.6) is 0 Å². The Kier molecular flexibility index (Phi) is 6.33. The number of hydrogen-bond donors (Lipinski definition) is 3. The van der Waals surface area contributed by atoms with E-state index in [4.69, 9.17) is 4.74 Å². The Bertz CT molecular complexity index is 1240. The number of aliphatic hydroxyl groups excluding tert-OH is 1. The summed E-state index contributed by atoms with van der Waals surface area (Å²) in [6, 6.07) is 8.93. The second kappa shape index (κ2) is 9.02. The molecule has 0 aliphatic carbocycles. The Balaban J connectivity index is 1.55. The topological polar surface area (TPSA) is 84.2 Å². The number of ether oxygens (including phenoxy) is 1. The molecule has 4 aromatic rings. The number of aliphatic hydroxyl groups is 1. The average Bonchev–Trinajstić information content (AvgIpc) is 3.30. The van der Waals surface area contributed by atoms with Crippen molar-refractivity contribution in [3.8, 4) is 0 Å². The summed E-state index contributed by atoms with van der Waals surface area (Å²) in [6.07, 6.45) is -5.26. The molecule has 0 saturated carbocycles. The first-order valence-corrected chi connectivity index (χ1v) is 10.8. The van der Waals surface area contributed by atoms with E-state index in [0.717, 1.165) is 29.0 Å². The minimum absolute atomic E-state index is 0.435. The Morgan fingerprint density at radius 1 is 1.16 bits per heavy atom. The number of alkyl halides is 3. The number of aromatic nitrogens is 3. The van der Waals surface area contributed by atoms with Gasteiger partial charge < -0.3 is 19.7 Å². The fourth-order valence-electron chi connectivity index (χ4n) is 3.28. The lowest BCUT2D eigenvalue weighted by Crippen LogP contribution is -2.25. The predicted octanol–water partition coefficient (Wildman–Crippen LogP) is 4.56. The average molecular weight is 466 g/mol. The van der Waals surface area contributed by atoms with Gasteiger partial charge in [-0.25, -0.2) is 9.97 Å². The van der Waals surface area contributed by atoms with Crippen molar-refractivity contribution in [2.45, 2.75) is 19.3 Å². The fraction of sp³-hybridized carbons (Fsp3) is 0.333. The van der Waals surface area contributed by atoms with Crippen LogP contribution in [0.1, 0.15) is 24.3 Å². The Morgan fingerprint density at radius 3 is 2.72 bits per heavy atom. The number of rotatable bonds is 8. The van der Waals surface area contributed by atoms with Crippen LogP contribution in [0.3, 0.4) is 0 Å². The van der Waals surface area contributed by atoms with Gasteiger partial charge in [0.1, 0.15) is 6.23 Å². The zero-order valence-corrected chi connectivity index (χ0v) is 18.2. The predicted molar refractivity (Wildman–Crippen MR) is 118 cm³/mol. The van der Waals surface area contributed by atoms with E-state index in [1.165, 1.54) is 6.07 Å². The third kappa shape index (κ3) is 4.70. The fourth-order valence-corrected chi connectivity index (χ4v) is 4.18. The molecule has 0 saturated heterocycles. The molecule has 2 heterocycles. The molecule has 1 atom stereocenters. The van der Waals surface area contributed by atoms with Crippen LogP contribution in [-0.4, -0.2) is 39.4 Å². The van der Waals surface area contributed by atoms with E-state index in [-0.39, 0.29) is 0 Å². The smallest absolute Gasteiger partial charge is 0.380 e. The molecule has 1 unspecified atom stereocenters. The maximum Gasteiger partial charge on any atom is 0.416 e. The lowest BCUT2D eigenvalue weighted by molar-refractivity contribution is -0.137. The summed E-state index contributed by atoms with van der Waals surface area (Å²) in [5.74, 6) is 0.492. The van der Waals surface area contributed by atoms with E-state index >= 15 is 0 Å². The first-order chi connectivity index (χ1) is 15.3. The van der Waals surface area contributed by atoms with Gasteiger partial charge in [-0.3, -0.25) is 5.32 Å². The second-order valence-electron chi connectivity index (χ2n) is 7.12. The number of hydrogen-bond acceptors (Lipinski definition) is 7. The molecule has 4 rings (SSSR count). The van der Waals surface area contributed by atoms with Crippen LogP contribution >= 0.6 is 11.3 Å². The van der Waals surface area contributed by atoms with E-state index in [1.807, 2.05) is 30.7 Å². The van der Waals surface area contributed by atoms with Crippen LogP contribution in [0.4, 0.5) is 24.3 Å². The molecular formula is C21H22F3N5O2S. The van der Waals surface area contributed by atoms with Crippen molar-refractivity contribution >= 4 is 43.7 Å². The summed E-state index contributed by atoms with van der Waals surface area (Å²) >= 11 is 1.12. The number of benzene rings is 2. The van der Waals surface area contributed by atoms with Gasteiger partial charge in [0, 0.05) is 20.2 Å². The number of fused-ring (bicyclic) bond motifs is 2. The van der Waals surface area contributed by atoms with Crippen molar-refractivity contribution in [1.82, 2.24) is 19.9 Å². The molecule has 0 fully saturated rings. The van der Waals surface area contributed by atoms with Gasteiger partial charge in [0.05, 0.1) is 33.4 Å². The van der Waals surface area contributed by atoms with Crippen LogP contribution in [0.15, 0.2) is 36.4 Å². The summed E-state index contributed by atoms with van der Waals surface area (Å²) in [5, 5.41) is 16.9. The lowest BCUT2D eigenvalue weighted by atomic mass is 10.1. The van der Waals surface area contributed by atoms with Crippen LogP contribution in [0.2, 0.25) is 0 Å². The van der Waals surface area contributed by atoms with Crippen LogP contribution < -0.4 is 10.6 Å². The lowest BCUT2D eigenvalue weighted by Gasteiger charge is -2.13. The van der Waals surface area contributed by atoms with Gasteiger partial charge in [-0.05, 0) is 42.8 Å². The molecule has 170 valence electrons. The molecule has 2 aromatic carbocycles. The summed E-state index contributed by atoms with van der Waals surface area (Å²) in [5.41, 5.74) is 1.94. The van der Waals surface area contributed by atoms with E-state index in [9.17, 15) is 18.3 Å². The SMILES string of the molecule is CCOCCNC(O)c1ccc2c(c1)nc(Nc1nc3ccc(C(F)(F)F)cc3s1)n2C. The minimum atomic E-state index is -4.40. The first kappa shape index (κ1) is 22.5. The number of anilines is 2. The highest BCUT2D eigenvalue weighted by atomic mass is 32.1. The third-order valence-corrected chi connectivity index (χ3v) is 5.88. The normalized spacial score (nSPS) is 13.2. The zero-order valence-electron chi connectivity index (χ0n) is 17.4. The van der Waals surface area contributed by atoms with Gasteiger partial charge in [0.25, 0.3) is 0 Å². The highest BCUT2D eigenvalue weighted by Gasteiger charge is 2.30. The number of aryl methyl sites for hydroxylation is 1. The van der Waals surface area contributed by atoms with Gasteiger partial charge in [-0.2, -0.15) is 13.2 Å². The van der Waals surface area contributed by atoms with Gasteiger partial charge in [0.15, 0.2) is 5.13 Å². The summed E-state index contributed by atoms with van der Waals surface area (Å²) in [6.45, 7) is 3.53. The molecule has 7 nitrogen and oxygen atoms in total. The molecule has 3 N–H and O–H groups in total. The molecule has 2 aromatic heterocycles. The van der Waals surface area contributed by atoms with Crippen molar-refractivity contribution in [1.29, 1.82) is 0 Å². The minimum Gasteiger partial charge on any atom is -0.380 e. The number of thiazole rings is 1. The molecule has 0 spiro atoms. The zero-order chi connectivity index (χ0) is 22.9. The maximum absolute atomic E-state index is 13.0. The molecule has 0 bridgehead atoms. The molecule has 11 heteroatoms. The molecule has 0 radical (unpaired) electrons. The third-order valence-electron chi connectivity index (χ3n) is 4.94. The van der Waals surface area contributed by atoms with E-state index in [0.29, 0.717) is 52.1 Å². The number of imidazole rings is 1. The second-order valence-corrected chi connectivity index (χ2v) is 8.15. The summed E-state index contributed by atoms with van der Waals surface area (Å²) < 4.78 is 46.4. The van der Waals surface area contributed by atoms with E-state index in [2.05, 4.69) is 20.6 Å². The van der Waals surface area contributed by atoms with Gasteiger partial charge in [-0.15, -0.1) is 0 Å². The van der Waals surface area contributed by atoms with Gasteiger partial charge >= 0.3 is 6.18 Å². The molecular weight excluding hydrogens is 443 g/mol.